The number of nitrogens with one attached hydrogen (secondary N) is 1. The molecule has 0 saturated carbocycles. The highest BCUT2D eigenvalue weighted by molar-refractivity contribution is 5.77. The van der Waals surface area contributed by atoms with E-state index in [9.17, 15) is 18.7 Å². The maximum absolute atomic E-state index is 13.8. The summed E-state index contributed by atoms with van der Waals surface area (Å²) in [5, 5.41) is 14.1. The molecule has 40 heavy (non-hydrogen) atoms. The number of aryl methyl sites for hydroxylation is 1. The Morgan fingerprint density at radius 1 is 1.12 bits per heavy atom. The lowest BCUT2D eigenvalue weighted by atomic mass is 10.0. The Hall–Kier alpha value is -4.16. The molecule has 0 bridgehead atoms. The van der Waals surface area contributed by atoms with Gasteiger partial charge >= 0.3 is 0 Å². The van der Waals surface area contributed by atoms with E-state index in [4.69, 9.17) is 0 Å². The zero-order valence-electron chi connectivity index (χ0n) is 22.1. The summed E-state index contributed by atoms with van der Waals surface area (Å²) in [4.78, 5) is 31.3. The number of fused-ring (bicyclic) bond motifs is 2. The van der Waals surface area contributed by atoms with Crippen LogP contribution in [0.25, 0.3) is 16.9 Å². The number of aromatic nitrogens is 5. The second-order valence-electron chi connectivity index (χ2n) is 10.3. The van der Waals surface area contributed by atoms with Crippen LogP contribution in [0.5, 0.6) is 0 Å². The molecule has 1 unspecified atom stereocenters. The Labute approximate surface area is 229 Å². The number of benzene rings is 1. The van der Waals surface area contributed by atoms with Crippen molar-refractivity contribution < 1.29 is 13.9 Å². The number of rotatable bonds is 7. The van der Waals surface area contributed by atoms with E-state index in [0.29, 0.717) is 12.0 Å². The van der Waals surface area contributed by atoms with E-state index in [-0.39, 0.29) is 47.0 Å². The average molecular weight is 549 g/mol. The first kappa shape index (κ1) is 26.1. The third kappa shape index (κ3) is 4.42. The third-order valence-corrected chi connectivity index (χ3v) is 7.70. The minimum Gasteiger partial charge on any atom is -0.378 e. The van der Waals surface area contributed by atoms with Crippen LogP contribution in [0.1, 0.15) is 17.7 Å². The normalized spacial score (nSPS) is 19.4. The first-order valence-electron chi connectivity index (χ1n) is 13.2. The van der Waals surface area contributed by atoms with Crippen molar-refractivity contribution in [3.63, 3.8) is 0 Å². The molecule has 4 heterocycles. The molecule has 10 nitrogen and oxygen atoms in total. The number of likely N-dealkylation sites (N-methyl/N-ethyl adjacent to an activating group) is 1. The largest absolute Gasteiger partial charge is 0.378 e. The number of pyridine rings is 1. The molecule has 208 valence electrons. The number of anilines is 3. The van der Waals surface area contributed by atoms with Gasteiger partial charge in [-0.3, -0.25) is 4.79 Å². The molecule has 1 aromatic carbocycles. The fourth-order valence-corrected chi connectivity index (χ4v) is 5.39. The van der Waals surface area contributed by atoms with Gasteiger partial charge < -0.3 is 20.2 Å². The van der Waals surface area contributed by atoms with Crippen molar-refractivity contribution in [3.8, 4) is 5.82 Å². The monoisotopic (exact) mass is 548 g/mol. The van der Waals surface area contributed by atoms with Crippen LogP contribution in [0.2, 0.25) is 0 Å². The maximum Gasteiger partial charge on any atom is 0.278 e. The summed E-state index contributed by atoms with van der Waals surface area (Å²) < 4.78 is 30.4. The number of piperazine rings is 1. The molecule has 3 aromatic heterocycles. The van der Waals surface area contributed by atoms with Gasteiger partial charge in [-0.05, 0) is 55.8 Å². The van der Waals surface area contributed by atoms with Gasteiger partial charge in [-0.2, -0.15) is 4.98 Å². The van der Waals surface area contributed by atoms with Gasteiger partial charge in [0, 0.05) is 43.8 Å². The van der Waals surface area contributed by atoms with Crippen molar-refractivity contribution in [2.75, 3.05) is 43.4 Å². The smallest absolute Gasteiger partial charge is 0.278 e. The Kier molecular flexibility index (Phi) is 6.59. The van der Waals surface area contributed by atoms with Gasteiger partial charge in [0.05, 0.1) is 12.2 Å². The number of alkyl halides is 2. The topological polar surface area (TPSA) is 104 Å². The minimum absolute atomic E-state index is 0.0766. The van der Waals surface area contributed by atoms with Crippen LogP contribution in [0, 0.1) is 0 Å². The SMILES string of the molecule is C=CCn1c(=O)c2cnc(Nc3ccc(N4CCN(C)CC4)cc3)nc2n1-c1ccc2c(n1)C(O)(C(F)F)CC2. The average Bonchev–Trinajstić information content (AvgIpc) is 3.44. The van der Waals surface area contributed by atoms with Gasteiger partial charge in [-0.15, -0.1) is 6.58 Å². The summed E-state index contributed by atoms with van der Waals surface area (Å²) >= 11 is 0. The summed E-state index contributed by atoms with van der Waals surface area (Å²) in [5.74, 6) is 0.449. The van der Waals surface area contributed by atoms with Crippen molar-refractivity contribution in [2.45, 2.75) is 31.4 Å². The fraction of sp³-hybridized carbons (Fsp3) is 0.357. The maximum atomic E-state index is 13.8. The van der Waals surface area contributed by atoms with Gasteiger partial charge in [0.2, 0.25) is 5.95 Å². The molecule has 1 fully saturated rings. The second-order valence-corrected chi connectivity index (χ2v) is 10.3. The molecule has 0 amide bonds. The number of halogens is 2. The fourth-order valence-electron chi connectivity index (χ4n) is 5.39. The van der Waals surface area contributed by atoms with Gasteiger partial charge in [0.1, 0.15) is 5.39 Å². The van der Waals surface area contributed by atoms with Crippen LogP contribution in [0.3, 0.4) is 0 Å². The van der Waals surface area contributed by atoms with Crippen LogP contribution >= 0.6 is 0 Å². The van der Waals surface area contributed by atoms with E-state index in [2.05, 4.69) is 43.7 Å². The molecule has 1 aliphatic carbocycles. The summed E-state index contributed by atoms with van der Waals surface area (Å²) in [5.41, 5.74) is -0.0691. The standard InChI is InChI=1S/C28H30F2N8O2/c1-3-12-37-25(39)21-17-31-27(32-19-5-7-20(8-6-19)36-15-13-35(2)14-16-36)34-24(21)38(37)22-9-4-18-10-11-28(40,26(29)30)23(18)33-22/h3-9,17,26,40H,1,10-16H2,2H3,(H,31,32,34). The van der Waals surface area contributed by atoms with Crippen molar-refractivity contribution in [2.24, 2.45) is 0 Å². The quantitative estimate of drug-likeness (QED) is 0.340. The van der Waals surface area contributed by atoms with Crippen LogP contribution in [0.15, 0.2) is 60.0 Å². The van der Waals surface area contributed by atoms with Crippen molar-refractivity contribution in [1.82, 2.24) is 29.2 Å². The van der Waals surface area contributed by atoms with Crippen LogP contribution in [0.4, 0.5) is 26.1 Å². The summed E-state index contributed by atoms with van der Waals surface area (Å²) in [7, 11) is 2.12. The van der Waals surface area contributed by atoms with Crippen LogP contribution in [-0.2, 0) is 18.6 Å². The molecule has 1 atom stereocenters. The number of hydrogen-bond acceptors (Lipinski definition) is 8. The lowest BCUT2D eigenvalue weighted by molar-refractivity contribution is -0.103. The molecule has 2 N–H and O–H groups in total. The van der Waals surface area contributed by atoms with E-state index in [1.54, 1.807) is 18.2 Å². The van der Waals surface area contributed by atoms with Crippen LogP contribution in [-0.4, -0.2) is 74.0 Å². The molecular formula is C28H30F2N8O2. The zero-order valence-corrected chi connectivity index (χ0v) is 22.1. The van der Waals surface area contributed by atoms with E-state index in [1.165, 1.54) is 15.6 Å². The molecule has 6 rings (SSSR count). The molecule has 2 aliphatic rings. The van der Waals surface area contributed by atoms with Gasteiger partial charge in [0.15, 0.2) is 17.1 Å². The molecule has 1 saturated heterocycles. The molecule has 0 radical (unpaired) electrons. The van der Waals surface area contributed by atoms with E-state index in [0.717, 1.165) is 37.6 Å². The summed E-state index contributed by atoms with van der Waals surface area (Å²) in [6.07, 6.45) is 0.165. The van der Waals surface area contributed by atoms with Gasteiger partial charge in [0.25, 0.3) is 12.0 Å². The highest BCUT2D eigenvalue weighted by atomic mass is 19.3. The van der Waals surface area contributed by atoms with E-state index >= 15 is 0 Å². The number of hydrogen-bond donors (Lipinski definition) is 2. The third-order valence-electron chi connectivity index (χ3n) is 7.70. The highest BCUT2D eigenvalue weighted by Gasteiger charge is 2.46. The number of nitrogens with zero attached hydrogens (tertiary/aromatic N) is 7. The Morgan fingerprint density at radius 2 is 1.88 bits per heavy atom. The molecule has 12 heteroatoms. The Balaban J connectivity index is 1.36. The zero-order chi connectivity index (χ0) is 28.0. The number of allylic oxidation sites excluding steroid dienone is 1. The van der Waals surface area contributed by atoms with Crippen molar-refractivity contribution >= 4 is 28.4 Å². The highest BCUT2D eigenvalue weighted by Crippen LogP contribution is 2.40. The molecule has 1 aliphatic heterocycles. The minimum atomic E-state index is -2.99. The molecule has 0 spiro atoms. The summed E-state index contributed by atoms with van der Waals surface area (Å²) in [6.45, 7) is 7.83. The van der Waals surface area contributed by atoms with Crippen molar-refractivity contribution in [1.29, 1.82) is 0 Å². The van der Waals surface area contributed by atoms with Gasteiger partial charge in [-0.1, -0.05) is 12.1 Å². The number of aliphatic hydroxyl groups is 1. The van der Waals surface area contributed by atoms with E-state index < -0.39 is 12.0 Å². The lowest BCUT2D eigenvalue weighted by Gasteiger charge is -2.34. The predicted octanol–water partition coefficient (Wildman–Crippen LogP) is 3.06. The lowest BCUT2D eigenvalue weighted by Crippen LogP contribution is -2.44. The van der Waals surface area contributed by atoms with Gasteiger partial charge in [-0.25, -0.2) is 28.1 Å². The Morgan fingerprint density at radius 3 is 2.58 bits per heavy atom. The van der Waals surface area contributed by atoms with Crippen LogP contribution < -0.4 is 15.8 Å². The van der Waals surface area contributed by atoms with E-state index in [1.807, 2.05) is 24.3 Å². The first-order valence-corrected chi connectivity index (χ1v) is 13.2. The Bertz CT molecular complexity index is 1630. The summed E-state index contributed by atoms with van der Waals surface area (Å²) in [6, 6.07) is 11.3. The molecular weight excluding hydrogens is 518 g/mol. The second kappa shape index (κ2) is 10.1. The van der Waals surface area contributed by atoms with Crippen molar-refractivity contribution in [3.05, 3.63) is 76.9 Å². The molecule has 4 aromatic rings. The predicted molar refractivity (Wildman–Crippen MR) is 149 cm³/mol. The first-order chi connectivity index (χ1) is 19.3.